The number of hydrogen-bond acceptors (Lipinski definition) is 1. The number of rotatable bonds is 0. The Bertz CT molecular complexity index is 162. The van der Waals surface area contributed by atoms with Crippen molar-refractivity contribution in [2.75, 3.05) is 6.54 Å². The Balaban J connectivity index is 2.24. The lowest BCUT2D eigenvalue weighted by Crippen LogP contribution is -2.70. The molecule has 2 unspecified atom stereocenters. The molecular weight excluding hydrogens is 136 g/mol. The zero-order chi connectivity index (χ0) is 7.41. The molecule has 3 fully saturated rings. The van der Waals surface area contributed by atoms with E-state index in [1.165, 1.54) is 0 Å². The average Bonchev–Trinajstić information content (AvgIpc) is 1.88. The molecule has 3 heteroatoms. The molecule has 0 spiro atoms. The van der Waals surface area contributed by atoms with E-state index in [9.17, 15) is 8.78 Å². The quantitative estimate of drug-likeness (QED) is 0.546. The lowest BCUT2D eigenvalue weighted by Gasteiger charge is -2.57. The highest BCUT2D eigenvalue weighted by atomic mass is 19.3. The van der Waals surface area contributed by atoms with Crippen molar-refractivity contribution in [2.45, 2.75) is 31.7 Å². The molecule has 1 nitrogen and oxygen atoms in total. The van der Waals surface area contributed by atoms with E-state index in [-0.39, 0.29) is 0 Å². The second kappa shape index (κ2) is 1.52. The summed E-state index contributed by atoms with van der Waals surface area (Å²) in [6, 6.07) is -0.522. The molecule has 0 aromatic carbocycles. The van der Waals surface area contributed by atoms with Crippen LogP contribution in [0.2, 0.25) is 0 Å². The molecule has 3 rings (SSSR count). The Hall–Kier alpha value is -0.180. The van der Waals surface area contributed by atoms with E-state index in [0.717, 1.165) is 6.54 Å². The zero-order valence-electron chi connectivity index (χ0n) is 5.95. The van der Waals surface area contributed by atoms with E-state index in [2.05, 4.69) is 5.32 Å². The van der Waals surface area contributed by atoms with Gasteiger partial charge in [-0.1, -0.05) is 6.92 Å². The zero-order valence-corrected chi connectivity index (χ0v) is 5.95. The van der Waals surface area contributed by atoms with E-state index in [1.54, 1.807) is 6.92 Å². The molecule has 2 heterocycles. The van der Waals surface area contributed by atoms with E-state index in [0.29, 0.717) is 12.8 Å². The molecule has 0 radical (unpaired) electrons. The van der Waals surface area contributed by atoms with Crippen molar-refractivity contribution >= 4 is 0 Å². The van der Waals surface area contributed by atoms with Crippen LogP contribution < -0.4 is 5.32 Å². The van der Waals surface area contributed by atoms with Gasteiger partial charge < -0.3 is 5.32 Å². The van der Waals surface area contributed by atoms with Gasteiger partial charge in [-0.05, 0) is 19.4 Å². The van der Waals surface area contributed by atoms with Crippen LogP contribution in [0.3, 0.4) is 0 Å². The first-order chi connectivity index (χ1) is 4.56. The smallest absolute Gasteiger partial charge is 0.268 e. The molecule has 2 bridgehead atoms. The normalized spacial score (nSPS) is 50.1. The van der Waals surface area contributed by atoms with Gasteiger partial charge in [0.15, 0.2) is 0 Å². The summed E-state index contributed by atoms with van der Waals surface area (Å²) in [6.45, 7) is 2.45. The number of hydrogen-bond donors (Lipinski definition) is 1. The standard InChI is InChI=1S/C7H11F2N/c1-6-2-3-10-5(4-6)7(6,8)9/h5,10H,2-4H2,1H3. The van der Waals surface area contributed by atoms with Gasteiger partial charge in [-0.25, -0.2) is 8.78 Å². The van der Waals surface area contributed by atoms with Gasteiger partial charge in [0.2, 0.25) is 0 Å². The van der Waals surface area contributed by atoms with E-state index >= 15 is 0 Å². The van der Waals surface area contributed by atoms with Crippen LogP contribution in [0.5, 0.6) is 0 Å². The van der Waals surface area contributed by atoms with E-state index in [1.807, 2.05) is 0 Å². The maximum atomic E-state index is 13.0. The van der Waals surface area contributed by atoms with Crippen molar-refractivity contribution in [3.05, 3.63) is 0 Å². The highest BCUT2D eigenvalue weighted by molar-refractivity contribution is 5.12. The lowest BCUT2D eigenvalue weighted by atomic mass is 9.59. The van der Waals surface area contributed by atoms with Gasteiger partial charge in [-0.15, -0.1) is 0 Å². The van der Waals surface area contributed by atoms with Gasteiger partial charge in [-0.3, -0.25) is 0 Å². The monoisotopic (exact) mass is 147 g/mol. The molecule has 1 aliphatic carbocycles. The van der Waals surface area contributed by atoms with Crippen LogP contribution in [-0.2, 0) is 0 Å². The minimum absolute atomic E-state index is 0.522. The van der Waals surface area contributed by atoms with Crippen LogP contribution in [-0.4, -0.2) is 18.5 Å². The summed E-state index contributed by atoms with van der Waals surface area (Å²) < 4.78 is 25.9. The summed E-state index contributed by atoms with van der Waals surface area (Å²) in [6.07, 6.45) is 1.27. The molecule has 2 atom stereocenters. The van der Waals surface area contributed by atoms with Crippen LogP contribution >= 0.6 is 0 Å². The van der Waals surface area contributed by atoms with Gasteiger partial charge in [-0.2, -0.15) is 0 Å². The third kappa shape index (κ3) is 0.506. The summed E-state index contributed by atoms with van der Waals surface area (Å²) in [5.41, 5.74) is -0.678. The Labute approximate surface area is 58.8 Å². The summed E-state index contributed by atoms with van der Waals surface area (Å²) in [5, 5.41) is 2.81. The van der Waals surface area contributed by atoms with Crippen molar-refractivity contribution in [3.8, 4) is 0 Å². The van der Waals surface area contributed by atoms with E-state index in [4.69, 9.17) is 0 Å². The highest BCUT2D eigenvalue weighted by Gasteiger charge is 2.67. The van der Waals surface area contributed by atoms with Crippen molar-refractivity contribution in [2.24, 2.45) is 5.41 Å². The Morgan fingerprint density at radius 1 is 1.50 bits per heavy atom. The van der Waals surface area contributed by atoms with Crippen LogP contribution in [0.25, 0.3) is 0 Å². The average molecular weight is 147 g/mol. The third-order valence-electron chi connectivity index (χ3n) is 2.96. The maximum absolute atomic E-state index is 13.0. The largest absolute Gasteiger partial charge is 0.309 e. The van der Waals surface area contributed by atoms with Gasteiger partial charge in [0.25, 0.3) is 5.92 Å². The second-order valence-corrected chi connectivity index (χ2v) is 3.64. The van der Waals surface area contributed by atoms with Gasteiger partial charge in [0, 0.05) is 5.41 Å². The van der Waals surface area contributed by atoms with Crippen molar-refractivity contribution in [1.82, 2.24) is 5.32 Å². The predicted molar refractivity (Wildman–Crippen MR) is 34.1 cm³/mol. The second-order valence-electron chi connectivity index (χ2n) is 3.64. The van der Waals surface area contributed by atoms with Crippen molar-refractivity contribution in [3.63, 3.8) is 0 Å². The Morgan fingerprint density at radius 3 is 2.50 bits per heavy atom. The lowest BCUT2D eigenvalue weighted by molar-refractivity contribution is -0.238. The molecule has 10 heavy (non-hydrogen) atoms. The fraction of sp³-hybridized carbons (Fsp3) is 1.00. The van der Waals surface area contributed by atoms with Gasteiger partial charge in [0.1, 0.15) is 0 Å². The van der Waals surface area contributed by atoms with Crippen LogP contribution in [0.1, 0.15) is 19.8 Å². The number of alkyl halides is 2. The first kappa shape index (κ1) is 6.53. The molecule has 2 aliphatic heterocycles. The first-order valence-electron chi connectivity index (χ1n) is 3.67. The highest BCUT2D eigenvalue weighted by Crippen LogP contribution is 2.57. The fourth-order valence-corrected chi connectivity index (χ4v) is 2.00. The maximum Gasteiger partial charge on any atom is 0.268 e. The first-order valence-corrected chi connectivity index (χ1v) is 3.67. The molecule has 1 saturated carbocycles. The topological polar surface area (TPSA) is 12.0 Å². The van der Waals surface area contributed by atoms with Gasteiger partial charge >= 0.3 is 0 Å². The summed E-state index contributed by atoms with van der Waals surface area (Å²) >= 11 is 0. The minimum atomic E-state index is -2.44. The third-order valence-corrected chi connectivity index (χ3v) is 2.96. The minimum Gasteiger partial charge on any atom is -0.309 e. The Kier molecular flexibility index (Phi) is 0.994. The molecule has 1 N–H and O–H groups in total. The van der Waals surface area contributed by atoms with Crippen LogP contribution in [0.4, 0.5) is 8.78 Å². The van der Waals surface area contributed by atoms with Gasteiger partial charge in [0.05, 0.1) is 6.04 Å². The Morgan fingerprint density at radius 2 is 2.20 bits per heavy atom. The molecular formula is C7H11F2N. The van der Waals surface area contributed by atoms with Crippen molar-refractivity contribution < 1.29 is 8.78 Å². The van der Waals surface area contributed by atoms with E-state index < -0.39 is 17.4 Å². The molecule has 0 aromatic rings. The summed E-state index contributed by atoms with van der Waals surface area (Å²) in [7, 11) is 0. The molecule has 0 amide bonds. The number of nitrogens with one attached hydrogen (secondary N) is 1. The summed E-state index contributed by atoms with van der Waals surface area (Å²) in [4.78, 5) is 0. The fourth-order valence-electron chi connectivity index (χ4n) is 2.00. The molecule has 2 saturated heterocycles. The number of fused-ring (bicyclic) bond motifs is 2. The number of halogens is 2. The predicted octanol–water partition coefficient (Wildman–Crippen LogP) is 1.39. The molecule has 0 aromatic heterocycles. The number of piperidine rings is 2. The van der Waals surface area contributed by atoms with Crippen LogP contribution in [0, 0.1) is 5.41 Å². The molecule has 58 valence electrons. The molecule has 3 aliphatic rings. The van der Waals surface area contributed by atoms with Crippen molar-refractivity contribution in [1.29, 1.82) is 0 Å². The van der Waals surface area contributed by atoms with Crippen LogP contribution in [0.15, 0.2) is 0 Å². The summed E-state index contributed by atoms with van der Waals surface area (Å²) in [5.74, 6) is -2.44. The SMILES string of the molecule is CC12CCNC(C1)C2(F)F.